The lowest BCUT2D eigenvalue weighted by Gasteiger charge is -2.39. The van der Waals surface area contributed by atoms with Crippen molar-refractivity contribution in [2.45, 2.75) is 31.9 Å². The van der Waals surface area contributed by atoms with Crippen LogP contribution in [0.25, 0.3) is 0 Å². The van der Waals surface area contributed by atoms with Crippen molar-refractivity contribution in [2.24, 2.45) is 5.92 Å². The van der Waals surface area contributed by atoms with Gasteiger partial charge in [0.15, 0.2) is 0 Å². The number of aliphatic hydroxyl groups excluding tert-OH is 1. The zero-order valence-electron chi connectivity index (χ0n) is 8.57. The first-order valence-electron chi connectivity index (χ1n) is 5.30. The van der Waals surface area contributed by atoms with Crippen molar-refractivity contribution in [3.8, 4) is 0 Å². The number of nitrogens with one attached hydrogen (secondary N) is 1. The Kier molecular flexibility index (Phi) is 2.74. The maximum absolute atomic E-state index is 9.01. The van der Waals surface area contributed by atoms with Gasteiger partial charge in [0.25, 0.3) is 0 Å². The molecule has 2 fully saturated rings. The summed E-state index contributed by atoms with van der Waals surface area (Å²) in [6.07, 6.45) is 2.21. The van der Waals surface area contributed by atoms with Crippen molar-refractivity contribution in [1.82, 2.24) is 4.90 Å². The fraction of sp³-hybridized carbons (Fsp3) is 0.900. The molecular weight excluding hydrogens is 180 g/mol. The van der Waals surface area contributed by atoms with Gasteiger partial charge in [0, 0.05) is 12.5 Å². The van der Waals surface area contributed by atoms with Gasteiger partial charge in [0.05, 0.1) is 31.2 Å². The SMILES string of the molecule is CC1COC(CO)CN1C(=N)C1CC1. The zero-order chi connectivity index (χ0) is 10.1. The Hall–Kier alpha value is -0.610. The highest BCUT2D eigenvalue weighted by Gasteiger charge is 2.35. The molecule has 14 heavy (non-hydrogen) atoms. The summed E-state index contributed by atoms with van der Waals surface area (Å²) in [5.41, 5.74) is 0. The molecule has 0 radical (unpaired) electrons. The number of hydrogen-bond acceptors (Lipinski definition) is 3. The van der Waals surface area contributed by atoms with E-state index in [1.165, 1.54) is 0 Å². The highest BCUT2D eigenvalue weighted by molar-refractivity contribution is 5.84. The Bertz CT molecular complexity index is 228. The molecule has 1 aliphatic heterocycles. The first kappa shape index (κ1) is 9.93. The van der Waals surface area contributed by atoms with E-state index in [2.05, 4.69) is 11.8 Å². The fourth-order valence-electron chi connectivity index (χ4n) is 1.85. The van der Waals surface area contributed by atoms with E-state index in [9.17, 15) is 0 Å². The monoisotopic (exact) mass is 198 g/mol. The van der Waals surface area contributed by atoms with E-state index in [1.54, 1.807) is 0 Å². The number of amidine groups is 1. The van der Waals surface area contributed by atoms with Gasteiger partial charge < -0.3 is 14.7 Å². The van der Waals surface area contributed by atoms with Gasteiger partial charge in [-0.15, -0.1) is 0 Å². The third-order valence-electron chi connectivity index (χ3n) is 2.98. The molecule has 4 heteroatoms. The second kappa shape index (κ2) is 3.87. The number of aliphatic hydroxyl groups is 1. The molecule has 1 heterocycles. The van der Waals surface area contributed by atoms with Crippen LogP contribution in [0.15, 0.2) is 0 Å². The van der Waals surface area contributed by atoms with Crippen molar-refractivity contribution in [3.63, 3.8) is 0 Å². The Balaban J connectivity index is 1.96. The normalized spacial score (nSPS) is 33.1. The molecule has 2 aliphatic rings. The molecule has 2 N–H and O–H groups in total. The molecule has 0 spiro atoms. The summed E-state index contributed by atoms with van der Waals surface area (Å²) in [6.45, 7) is 3.43. The molecule has 0 amide bonds. The van der Waals surface area contributed by atoms with Crippen LogP contribution in [0, 0.1) is 11.3 Å². The van der Waals surface area contributed by atoms with Gasteiger partial charge in [-0.05, 0) is 19.8 Å². The van der Waals surface area contributed by atoms with Crippen LogP contribution in [0.3, 0.4) is 0 Å². The molecular formula is C10H18N2O2. The molecule has 2 unspecified atom stereocenters. The van der Waals surface area contributed by atoms with Crippen molar-refractivity contribution < 1.29 is 9.84 Å². The second-order valence-electron chi connectivity index (χ2n) is 4.30. The van der Waals surface area contributed by atoms with Crippen LogP contribution >= 0.6 is 0 Å². The van der Waals surface area contributed by atoms with E-state index < -0.39 is 0 Å². The molecule has 0 aromatic rings. The number of morpholine rings is 1. The number of nitrogens with zero attached hydrogens (tertiary/aromatic N) is 1. The third-order valence-corrected chi connectivity index (χ3v) is 2.98. The van der Waals surface area contributed by atoms with Crippen LogP contribution in [0.4, 0.5) is 0 Å². The molecule has 0 aromatic carbocycles. The minimum Gasteiger partial charge on any atom is -0.394 e. The predicted octanol–water partition coefficient (Wildman–Crippen LogP) is 0.455. The van der Waals surface area contributed by atoms with Gasteiger partial charge in [0.1, 0.15) is 0 Å². The summed E-state index contributed by atoms with van der Waals surface area (Å²) < 4.78 is 5.43. The largest absolute Gasteiger partial charge is 0.394 e. The lowest BCUT2D eigenvalue weighted by Crippen LogP contribution is -2.52. The fourth-order valence-corrected chi connectivity index (χ4v) is 1.85. The molecule has 2 rings (SSSR count). The smallest absolute Gasteiger partial charge is 0.0993 e. The molecule has 1 saturated heterocycles. The molecule has 1 saturated carbocycles. The standard InChI is InChI=1S/C10H18N2O2/c1-7-6-14-9(5-13)4-12(7)10(11)8-2-3-8/h7-9,11,13H,2-6H2,1H3. The van der Waals surface area contributed by atoms with E-state index >= 15 is 0 Å². The summed E-state index contributed by atoms with van der Waals surface area (Å²) in [5, 5.41) is 17.0. The highest BCUT2D eigenvalue weighted by atomic mass is 16.5. The first-order valence-corrected chi connectivity index (χ1v) is 5.30. The molecule has 0 bridgehead atoms. The number of ether oxygens (including phenoxy) is 1. The molecule has 0 aromatic heterocycles. The maximum Gasteiger partial charge on any atom is 0.0993 e. The van der Waals surface area contributed by atoms with Gasteiger partial charge in [-0.2, -0.15) is 0 Å². The lowest BCUT2D eigenvalue weighted by atomic mass is 10.1. The third kappa shape index (κ3) is 1.91. The van der Waals surface area contributed by atoms with Crippen molar-refractivity contribution in [1.29, 1.82) is 5.41 Å². The van der Waals surface area contributed by atoms with E-state index in [0.717, 1.165) is 18.7 Å². The van der Waals surface area contributed by atoms with Gasteiger partial charge in [-0.3, -0.25) is 5.41 Å². The van der Waals surface area contributed by atoms with Crippen LogP contribution < -0.4 is 0 Å². The maximum atomic E-state index is 9.01. The quantitative estimate of drug-likeness (QED) is 0.500. The Morgan fingerprint density at radius 1 is 1.57 bits per heavy atom. The number of rotatable bonds is 2. The minimum atomic E-state index is -0.106. The van der Waals surface area contributed by atoms with Crippen LogP contribution in [0.2, 0.25) is 0 Å². The summed E-state index contributed by atoms with van der Waals surface area (Å²) in [5.74, 6) is 1.23. The van der Waals surface area contributed by atoms with Crippen molar-refractivity contribution >= 4 is 5.84 Å². The van der Waals surface area contributed by atoms with Gasteiger partial charge in [0.2, 0.25) is 0 Å². The average Bonchev–Trinajstić information content (AvgIpc) is 3.01. The number of hydrogen-bond donors (Lipinski definition) is 2. The Morgan fingerprint density at radius 2 is 2.29 bits per heavy atom. The average molecular weight is 198 g/mol. The van der Waals surface area contributed by atoms with Crippen molar-refractivity contribution in [2.75, 3.05) is 19.8 Å². The summed E-state index contributed by atoms with van der Waals surface area (Å²) in [4.78, 5) is 2.09. The summed E-state index contributed by atoms with van der Waals surface area (Å²) >= 11 is 0. The van der Waals surface area contributed by atoms with Crippen LogP contribution in [-0.2, 0) is 4.74 Å². The van der Waals surface area contributed by atoms with E-state index in [1.807, 2.05) is 0 Å². The van der Waals surface area contributed by atoms with Crippen LogP contribution in [0.1, 0.15) is 19.8 Å². The lowest BCUT2D eigenvalue weighted by molar-refractivity contribution is -0.0570. The van der Waals surface area contributed by atoms with Crippen LogP contribution in [0.5, 0.6) is 0 Å². The van der Waals surface area contributed by atoms with Crippen LogP contribution in [-0.4, -0.2) is 47.7 Å². The topological polar surface area (TPSA) is 56.6 Å². The Labute approximate surface area is 84.4 Å². The summed E-state index contributed by atoms with van der Waals surface area (Å²) in [6, 6.07) is 0.283. The predicted molar refractivity (Wildman–Crippen MR) is 53.4 cm³/mol. The van der Waals surface area contributed by atoms with Gasteiger partial charge in [-0.25, -0.2) is 0 Å². The van der Waals surface area contributed by atoms with Crippen molar-refractivity contribution in [3.05, 3.63) is 0 Å². The minimum absolute atomic E-state index is 0.0567. The molecule has 80 valence electrons. The van der Waals surface area contributed by atoms with E-state index in [0.29, 0.717) is 19.1 Å². The van der Waals surface area contributed by atoms with Gasteiger partial charge in [-0.1, -0.05) is 0 Å². The molecule has 1 aliphatic carbocycles. The zero-order valence-corrected chi connectivity index (χ0v) is 8.57. The first-order chi connectivity index (χ1) is 6.72. The molecule has 4 nitrogen and oxygen atoms in total. The summed E-state index contributed by atoms with van der Waals surface area (Å²) in [7, 11) is 0. The van der Waals surface area contributed by atoms with E-state index in [-0.39, 0.29) is 18.8 Å². The Morgan fingerprint density at radius 3 is 2.86 bits per heavy atom. The van der Waals surface area contributed by atoms with E-state index in [4.69, 9.17) is 15.3 Å². The second-order valence-corrected chi connectivity index (χ2v) is 4.30. The highest BCUT2D eigenvalue weighted by Crippen LogP contribution is 2.32. The van der Waals surface area contributed by atoms with Gasteiger partial charge >= 0.3 is 0 Å². The molecule has 2 atom stereocenters.